The van der Waals surface area contributed by atoms with E-state index in [-0.39, 0.29) is 6.42 Å². The minimum Gasteiger partial charge on any atom is -0.392 e. The number of rotatable bonds is 13. The van der Waals surface area contributed by atoms with Gasteiger partial charge in [-0.3, -0.25) is 4.52 Å². The Labute approximate surface area is 150 Å². The minimum absolute atomic E-state index is 0.116. The molecule has 0 spiro atoms. The van der Waals surface area contributed by atoms with Gasteiger partial charge in [0.15, 0.2) is 5.72 Å². The maximum absolute atomic E-state index is 10.9. The number of nitrogens with two attached hydrogens (primary N) is 1. The number of hydrogen-bond donors (Lipinski definition) is 4. The standard InChI is InChI=1S/C18H32NO5P/c1-2-3-4-5-6-7-8-16-9-11-17(12-10-16)13-14-18(19,15-20)24-25(21,22)23/h9-12,20H,2-8,13-15,19H2,1H3,(H2,21,22,23)/t18-/m1/s1. The van der Waals surface area contributed by atoms with Crippen LogP contribution in [0, 0.1) is 0 Å². The van der Waals surface area contributed by atoms with Crippen molar-refractivity contribution in [1.82, 2.24) is 0 Å². The first kappa shape index (κ1) is 22.3. The van der Waals surface area contributed by atoms with Crippen molar-refractivity contribution in [2.75, 3.05) is 6.61 Å². The van der Waals surface area contributed by atoms with E-state index in [1.165, 1.54) is 44.1 Å². The molecule has 6 nitrogen and oxygen atoms in total. The summed E-state index contributed by atoms with van der Waals surface area (Å²) in [6, 6.07) is 8.12. The number of aliphatic hydroxyl groups is 1. The highest BCUT2D eigenvalue weighted by molar-refractivity contribution is 7.46. The lowest BCUT2D eigenvalue weighted by atomic mass is 10.00. The molecule has 25 heavy (non-hydrogen) atoms. The van der Waals surface area contributed by atoms with E-state index in [0.717, 1.165) is 12.0 Å². The Morgan fingerprint density at radius 3 is 2.04 bits per heavy atom. The predicted molar refractivity (Wildman–Crippen MR) is 99.0 cm³/mol. The zero-order chi connectivity index (χ0) is 18.8. The maximum atomic E-state index is 10.9. The number of phosphoric ester groups is 1. The predicted octanol–water partition coefficient (Wildman–Crippen LogP) is 3.28. The third-order valence-corrected chi connectivity index (χ3v) is 4.85. The van der Waals surface area contributed by atoms with Crippen LogP contribution in [0.2, 0.25) is 0 Å². The Morgan fingerprint density at radius 2 is 1.52 bits per heavy atom. The van der Waals surface area contributed by atoms with Gasteiger partial charge < -0.3 is 20.6 Å². The smallest absolute Gasteiger partial charge is 0.392 e. The largest absolute Gasteiger partial charge is 0.471 e. The SMILES string of the molecule is CCCCCCCCc1ccc(CC[C@](N)(CO)OP(=O)(O)O)cc1. The van der Waals surface area contributed by atoms with Crippen LogP contribution in [0.3, 0.4) is 0 Å². The first-order valence-corrected chi connectivity index (χ1v) is 10.5. The second-order valence-corrected chi connectivity index (χ2v) is 7.80. The zero-order valence-electron chi connectivity index (χ0n) is 15.1. The van der Waals surface area contributed by atoms with Crippen LogP contribution in [0.5, 0.6) is 0 Å². The summed E-state index contributed by atoms with van der Waals surface area (Å²) in [5.74, 6) is 0. The van der Waals surface area contributed by atoms with E-state index in [4.69, 9.17) is 15.5 Å². The molecule has 0 aliphatic carbocycles. The van der Waals surface area contributed by atoms with Gasteiger partial charge >= 0.3 is 7.82 Å². The van der Waals surface area contributed by atoms with Crippen molar-refractivity contribution in [1.29, 1.82) is 0 Å². The first-order chi connectivity index (χ1) is 11.8. The monoisotopic (exact) mass is 373 g/mol. The molecule has 1 atom stereocenters. The Balaban J connectivity index is 2.39. The van der Waals surface area contributed by atoms with Gasteiger partial charge in [-0.1, -0.05) is 63.3 Å². The van der Waals surface area contributed by atoms with Crippen molar-refractivity contribution < 1.29 is 24.0 Å². The van der Waals surface area contributed by atoms with Gasteiger partial charge in [-0.15, -0.1) is 0 Å². The number of aryl methyl sites for hydroxylation is 2. The third kappa shape index (κ3) is 10.1. The van der Waals surface area contributed by atoms with Crippen LogP contribution in [0.1, 0.15) is 63.0 Å². The van der Waals surface area contributed by atoms with Crippen molar-refractivity contribution in [3.8, 4) is 0 Å². The van der Waals surface area contributed by atoms with E-state index in [0.29, 0.717) is 6.42 Å². The highest BCUT2D eigenvalue weighted by atomic mass is 31.2. The quantitative estimate of drug-likeness (QED) is 0.240. The Morgan fingerprint density at radius 1 is 1.00 bits per heavy atom. The van der Waals surface area contributed by atoms with E-state index < -0.39 is 20.2 Å². The summed E-state index contributed by atoms with van der Waals surface area (Å²) < 4.78 is 15.4. The molecule has 0 saturated heterocycles. The minimum atomic E-state index is -4.74. The Hall–Kier alpha value is -0.750. The summed E-state index contributed by atoms with van der Waals surface area (Å²) in [5.41, 5.74) is 6.25. The van der Waals surface area contributed by atoms with Gasteiger partial charge in [-0.05, 0) is 36.8 Å². The van der Waals surface area contributed by atoms with Crippen molar-refractivity contribution in [3.63, 3.8) is 0 Å². The zero-order valence-corrected chi connectivity index (χ0v) is 16.0. The highest BCUT2D eigenvalue weighted by Gasteiger charge is 2.33. The van der Waals surface area contributed by atoms with E-state index in [1.54, 1.807) is 0 Å². The van der Waals surface area contributed by atoms with Crippen molar-refractivity contribution in [3.05, 3.63) is 35.4 Å². The number of benzene rings is 1. The fraction of sp³-hybridized carbons (Fsp3) is 0.667. The summed E-state index contributed by atoms with van der Waals surface area (Å²) in [6.45, 7) is 1.56. The van der Waals surface area contributed by atoms with Crippen LogP contribution < -0.4 is 5.73 Å². The molecule has 1 aromatic carbocycles. The lowest BCUT2D eigenvalue weighted by molar-refractivity contribution is -0.0146. The second kappa shape index (κ2) is 11.1. The molecule has 5 N–H and O–H groups in total. The van der Waals surface area contributed by atoms with Gasteiger partial charge in [0.2, 0.25) is 0 Å². The molecule has 1 rings (SSSR count). The van der Waals surface area contributed by atoms with Gasteiger partial charge in [0.1, 0.15) is 0 Å². The van der Waals surface area contributed by atoms with E-state index in [1.807, 2.05) is 12.1 Å². The summed E-state index contributed by atoms with van der Waals surface area (Å²) in [5, 5.41) is 9.25. The molecule has 0 aromatic heterocycles. The van der Waals surface area contributed by atoms with Crippen LogP contribution in [0.15, 0.2) is 24.3 Å². The van der Waals surface area contributed by atoms with E-state index in [9.17, 15) is 9.67 Å². The normalized spacial score (nSPS) is 14.4. The topological polar surface area (TPSA) is 113 Å². The summed E-state index contributed by atoms with van der Waals surface area (Å²) in [6.07, 6.45) is 9.29. The van der Waals surface area contributed by atoms with Gasteiger partial charge in [0.25, 0.3) is 0 Å². The molecule has 144 valence electrons. The molecule has 0 saturated carbocycles. The second-order valence-electron chi connectivity index (χ2n) is 6.64. The van der Waals surface area contributed by atoms with Crippen LogP contribution in [0.25, 0.3) is 0 Å². The average molecular weight is 373 g/mol. The lowest BCUT2D eigenvalue weighted by Crippen LogP contribution is -2.46. The number of aliphatic hydroxyl groups excluding tert-OH is 1. The molecule has 0 fully saturated rings. The lowest BCUT2D eigenvalue weighted by Gasteiger charge is -2.27. The van der Waals surface area contributed by atoms with E-state index >= 15 is 0 Å². The molecule has 0 amide bonds. The highest BCUT2D eigenvalue weighted by Crippen LogP contribution is 2.40. The molecule has 0 aliphatic rings. The fourth-order valence-corrected chi connectivity index (χ4v) is 3.35. The van der Waals surface area contributed by atoms with Crippen LogP contribution in [-0.4, -0.2) is 27.2 Å². The molecular formula is C18H32NO5P. The summed E-state index contributed by atoms with van der Waals surface area (Å²) >= 11 is 0. The van der Waals surface area contributed by atoms with Crippen LogP contribution >= 0.6 is 7.82 Å². The van der Waals surface area contributed by atoms with Gasteiger partial charge in [0.05, 0.1) is 6.61 Å². The van der Waals surface area contributed by atoms with Gasteiger partial charge in [-0.25, -0.2) is 4.57 Å². The van der Waals surface area contributed by atoms with Crippen molar-refractivity contribution >= 4 is 7.82 Å². The molecule has 0 aliphatic heterocycles. The van der Waals surface area contributed by atoms with Crippen molar-refractivity contribution in [2.24, 2.45) is 5.73 Å². The average Bonchev–Trinajstić information content (AvgIpc) is 2.56. The molecular weight excluding hydrogens is 341 g/mol. The van der Waals surface area contributed by atoms with Gasteiger partial charge in [0, 0.05) is 0 Å². The van der Waals surface area contributed by atoms with Crippen LogP contribution in [0.4, 0.5) is 0 Å². The fourth-order valence-electron chi connectivity index (χ4n) is 2.73. The first-order valence-electron chi connectivity index (χ1n) is 9.02. The Bertz CT molecular complexity index is 531. The number of unbranched alkanes of at least 4 members (excludes halogenated alkanes) is 5. The van der Waals surface area contributed by atoms with E-state index in [2.05, 4.69) is 23.6 Å². The molecule has 0 bridgehead atoms. The third-order valence-electron chi connectivity index (χ3n) is 4.25. The molecule has 1 aromatic rings. The maximum Gasteiger partial charge on any atom is 0.471 e. The number of hydrogen-bond acceptors (Lipinski definition) is 4. The summed E-state index contributed by atoms with van der Waals surface area (Å²) in [4.78, 5) is 17.7. The van der Waals surface area contributed by atoms with Gasteiger partial charge in [-0.2, -0.15) is 0 Å². The van der Waals surface area contributed by atoms with Crippen molar-refractivity contribution in [2.45, 2.75) is 70.4 Å². The number of phosphoric acid groups is 1. The molecule has 7 heteroatoms. The molecule has 0 radical (unpaired) electrons. The molecule has 0 heterocycles. The van der Waals surface area contributed by atoms with Crippen LogP contribution in [-0.2, 0) is 21.9 Å². The molecule has 0 unspecified atom stereocenters. The summed E-state index contributed by atoms with van der Waals surface area (Å²) in [7, 11) is -4.74. The Kier molecular flexibility index (Phi) is 9.87.